The number of carbonyl (C=O) groups excluding carboxylic acids is 1. The molecule has 4 heteroatoms. The molecule has 1 aliphatic heterocycles. The van der Waals surface area contributed by atoms with Crippen molar-refractivity contribution in [3.8, 4) is 11.5 Å². The molecular formula is C16H19NO3. The second kappa shape index (κ2) is 5.19. The first-order valence-corrected chi connectivity index (χ1v) is 6.99. The van der Waals surface area contributed by atoms with Gasteiger partial charge in [-0.2, -0.15) is 0 Å². The molecule has 2 aliphatic rings. The Kier molecular flexibility index (Phi) is 3.38. The summed E-state index contributed by atoms with van der Waals surface area (Å²) in [6.07, 6.45) is 5.92. The van der Waals surface area contributed by atoms with E-state index >= 15 is 0 Å². The van der Waals surface area contributed by atoms with E-state index in [1.165, 1.54) is 12.8 Å². The predicted molar refractivity (Wildman–Crippen MR) is 76.6 cm³/mol. The van der Waals surface area contributed by atoms with Crippen LogP contribution in [0.5, 0.6) is 11.5 Å². The van der Waals surface area contributed by atoms with Gasteiger partial charge in [-0.05, 0) is 49.5 Å². The predicted octanol–water partition coefficient (Wildman–Crippen LogP) is 2.69. The fourth-order valence-corrected chi connectivity index (χ4v) is 2.40. The Morgan fingerprint density at radius 3 is 2.85 bits per heavy atom. The van der Waals surface area contributed by atoms with Crippen molar-refractivity contribution in [3.63, 3.8) is 0 Å². The SMILES string of the molecule is CC(C1CC1)N(C)C(=O)/C=C/c1ccc2c(c1)OCO2. The first-order valence-electron chi connectivity index (χ1n) is 6.99. The third-order valence-electron chi connectivity index (χ3n) is 4.08. The summed E-state index contributed by atoms with van der Waals surface area (Å²) in [7, 11) is 1.87. The fourth-order valence-electron chi connectivity index (χ4n) is 2.40. The van der Waals surface area contributed by atoms with Crippen LogP contribution in [0.1, 0.15) is 25.3 Å². The molecular weight excluding hydrogens is 254 g/mol. The molecule has 1 atom stereocenters. The van der Waals surface area contributed by atoms with E-state index in [2.05, 4.69) is 6.92 Å². The summed E-state index contributed by atoms with van der Waals surface area (Å²) in [6, 6.07) is 5.99. The number of hydrogen-bond acceptors (Lipinski definition) is 3. The maximum Gasteiger partial charge on any atom is 0.246 e. The van der Waals surface area contributed by atoms with Crippen LogP contribution < -0.4 is 9.47 Å². The van der Waals surface area contributed by atoms with E-state index in [0.717, 1.165) is 17.1 Å². The van der Waals surface area contributed by atoms with Gasteiger partial charge in [0.2, 0.25) is 12.7 Å². The molecule has 1 amide bonds. The highest BCUT2D eigenvalue weighted by Crippen LogP contribution is 2.35. The van der Waals surface area contributed by atoms with Crippen molar-refractivity contribution in [1.29, 1.82) is 0 Å². The minimum atomic E-state index is 0.0436. The topological polar surface area (TPSA) is 38.8 Å². The average Bonchev–Trinajstić information content (AvgIpc) is 3.21. The third-order valence-corrected chi connectivity index (χ3v) is 4.08. The molecule has 1 unspecified atom stereocenters. The van der Waals surface area contributed by atoms with Gasteiger partial charge >= 0.3 is 0 Å². The summed E-state index contributed by atoms with van der Waals surface area (Å²) < 4.78 is 10.6. The number of carbonyl (C=O) groups is 1. The van der Waals surface area contributed by atoms with Gasteiger partial charge < -0.3 is 14.4 Å². The van der Waals surface area contributed by atoms with Gasteiger partial charge in [-0.25, -0.2) is 0 Å². The Balaban J connectivity index is 1.65. The van der Waals surface area contributed by atoms with E-state index in [4.69, 9.17) is 9.47 Å². The molecule has 0 bridgehead atoms. The smallest absolute Gasteiger partial charge is 0.246 e. The van der Waals surface area contributed by atoms with Crippen molar-refractivity contribution in [2.45, 2.75) is 25.8 Å². The molecule has 0 saturated heterocycles. The molecule has 106 valence electrons. The summed E-state index contributed by atoms with van der Waals surface area (Å²) in [5, 5.41) is 0. The van der Waals surface area contributed by atoms with Crippen molar-refractivity contribution in [2.24, 2.45) is 5.92 Å². The molecule has 0 radical (unpaired) electrons. The van der Waals surface area contributed by atoms with Gasteiger partial charge in [-0.1, -0.05) is 6.07 Å². The summed E-state index contributed by atoms with van der Waals surface area (Å²) in [5.74, 6) is 2.22. The normalized spacial score (nSPS) is 18.3. The van der Waals surface area contributed by atoms with E-state index in [9.17, 15) is 4.79 Å². The molecule has 1 aromatic rings. The molecule has 1 heterocycles. The molecule has 1 aliphatic carbocycles. The highest BCUT2D eigenvalue weighted by Gasteiger charge is 2.31. The van der Waals surface area contributed by atoms with Crippen LogP contribution >= 0.6 is 0 Å². The molecule has 1 fully saturated rings. The van der Waals surface area contributed by atoms with E-state index in [1.54, 1.807) is 6.08 Å². The zero-order valence-electron chi connectivity index (χ0n) is 11.8. The van der Waals surface area contributed by atoms with E-state index in [1.807, 2.05) is 36.2 Å². The highest BCUT2D eigenvalue weighted by molar-refractivity contribution is 5.91. The van der Waals surface area contributed by atoms with Gasteiger partial charge in [0.25, 0.3) is 0 Å². The lowest BCUT2D eigenvalue weighted by Gasteiger charge is -2.23. The zero-order chi connectivity index (χ0) is 14.1. The number of fused-ring (bicyclic) bond motifs is 1. The van der Waals surface area contributed by atoms with Crippen molar-refractivity contribution in [3.05, 3.63) is 29.8 Å². The lowest BCUT2D eigenvalue weighted by molar-refractivity contribution is -0.126. The summed E-state index contributed by atoms with van der Waals surface area (Å²) in [5.41, 5.74) is 0.940. The van der Waals surface area contributed by atoms with E-state index in [0.29, 0.717) is 12.0 Å². The number of hydrogen-bond donors (Lipinski definition) is 0. The summed E-state index contributed by atoms with van der Waals surface area (Å²) in [6.45, 7) is 2.38. The molecule has 4 nitrogen and oxygen atoms in total. The maximum absolute atomic E-state index is 12.1. The average molecular weight is 273 g/mol. The Hall–Kier alpha value is -1.97. The summed E-state index contributed by atoms with van der Waals surface area (Å²) >= 11 is 0. The van der Waals surface area contributed by atoms with Crippen LogP contribution in [0.4, 0.5) is 0 Å². The van der Waals surface area contributed by atoms with Crippen molar-refractivity contribution >= 4 is 12.0 Å². The standard InChI is InChI=1S/C16H19NO3/c1-11(13-5-6-13)17(2)16(18)8-4-12-3-7-14-15(9-12)20-10-19-14/h3-4,7-9,11,13H,5-6,10H2,1-2H3/b8-4+. The molecule has 3 rings (SSSR count). The first-order chi connectivity index (χ1) is 9.65. The minimum absolute atomic E-state index is 0.0436. The van der Waals surface area contributed by atoms with E-state index in [-0.39, 0.29) is 12.7 Å². The van der Waals surface area contributed by atoms with Crippen LogP contribution in [0.2, 0.25) is 0 Å². The summed E-state index contributed by atoms with van der Waals surface area (Å²) in [4.78, 5) is 13.9. The van der Waals surface area contributed by atoms with Gasteiger partial charge in [0.05, 0.1) is 0 Å². The molecule has 1 saturated carbocycles. The van der Waals surface area contributed by atoms with Gasteiger partial charge in [0.15, 0.2) is 11.5 Å². The van der Waals surface area contributed by atoms with Crippen LogP contribution in [0.15, 0.2) is 24.3 Å². The van der Waals surface area contributed by atoms with Crippen molar-refractivity contribution in [2.75, 3.05) is 13.8 Å². The fraction of sp³-hybridized carbons (Fsp3) is 0.438. The Labute approximate surface area is 119 Å². The Bertz CT molecular complexity index is 549. The van der Waals surface area contributed by atoms with Crippen molar-refractivity contribution < 1.29 is 14.3 Å². The second-order valence-electron chi connectivity index (χ2n) is 5.47. The van der Waals surface area contributed by atoms with E-state index < -0.39 is 0 Å². The lowest BCUT2D eigenvalue weighted by Crippen LogP contribution is -2.35. The number of amides is 1. The van der Waals surface area contributed by atoms with Crippen LogP contribution in [0.3, 0.4) is 0 Å². The number of likely N-dealkylation sites (N-methyl/N-ethyl adjacent to an activating group) is 1. The lowest BCUT2D eigenvalue weighted by atomic mass is 10.1. The molecule has 0 N–H and O–H groups in total. The van der Waals surface area contributed by atoms with Gasteiger partial charge in [-0.3, -0.25) is 4.79 Å². The number of benzene rings is 1. The van der Waals surface area contributed by atoms with Crippen LogP contribution in [-0.2, 0) is 4.79 Å². The van der Waals surface area contributed by atoms with Gasteiger partial charge in [0.1, 0.15) is 0 Å². The van der Waals surface area contributed by atoms with Gasteiger partial charge in [0, 0.05) is 19.2 Å². The quantitative estimate of drug-likeness (QED) is 0.792. The largest absolute Gasteiger partial charge is 0.454 e. The first kappa shape index (κ1) is 13.0. The maximum atomic E-state index is 12.1. The second-order valence-corrected chi connectivity index (χ2v) is 5.47. The molecule has 20 heavy (non-hydrogen) atoms. The third kappa shape index (κ3) is 2.64. The highest BCUT2D eigenvalue weighted by atomic mass is 16.7. The molecule has 0 aromatic heterocycles. The van der Waals surface area contributed by atoms with Crippen LogP contribution in [0, 0.1) is 5.92 Å². The Morgan fingerprint density at radius 1 is 1.35 bits per heavy atom. The minimum Gasteiger partial charge on any atom is -0.454 e. The monoisotopic (exact) mass is 273 g/mol. The molecule has 1 aromatic carbocycles. The number of ether oxygens (including phenoxy) is 2. The van der Waals surface area contributed by atoms with Crippen LogP contribution in [-0.4, -0.2) is 30.7 Å². The van der Waals surface area contributed by atoms with Crippen LogP contribution in [0.25, 0.3) is 6.08 Å². The van der Waals surface area contributed by atoms with Crippen molar-refractivity contribution in [1.82, 2.24) is 4.90 Å². The number of nitrogens with zero attached hydrogens (tertiary/aromatic N) is 1. The van der Waals surface area contributed by atoms with Gasteiger partial charge in [-0.15, -0.1) is 0 Å². The Morgan fingerprint density at radius 2 is 2.10 bits per heavy atom. The molecule has 0 spiro atoms. The number of rotatable bonds is 4. The zero-order valence-corrected chi connectivity index (χ0v) is 11.8.